The fraction of sp³-hybridized carbons (Fsp3) is 0.316. The highest BCUT2D eigenvalue weighted by atomic mass is 32.2. The van der Waals surface area contributed by atoms with Crippen LogP contribution in [0.15, 0.2) is 58.3 Å². The second-order valence-corrected chi connectivity index (χ2v) is 8.68. The first-order valence-corrected chi connectivity index (χ1v) is 11.0. The summed E-state index contributed by atoms with van der Waals surface area (Å²) in [7, 11) is -2.05. The first kappa shape index (κ1) is 20.5. The summed E-state index contributed by atoms with van der Waals surface area (Å²) in [6.45, 7) is 1.96. The fourth-order valence-electron chi connectivity index (χ4n) is 2.50. The minimum absolute atomic E-state index is 0.0293. The number of carbonyl (C=O) groups is 1. The van der Waals surface area contributed by atoms with Crippen LogP contribution in [0.2, 0.25) is 0 Å². The second-order valence-electron chi connectivity index (χ2n) is 5.91. The molecule has 0 spiro atoms. The Morgan fingerprint density at radius 2 is 1.69 bits per heavy atom. The smallest absolute Gasteiger partial charge is 0.240 e. The summed E-state index contributed by atoms with van der Waals surface area (Å²) in [5.74, 6) is -0.0293. The zero-order valence-electron chi connectivity index (χ0n) is 15.2. The highest BCUT2D eigenvalue weighted by molar-refractivity contribution is 7.98. The van der Waals surface area contributed by atoms with Gasteiger partial charge in [-0.3, -0.25) is 4.79 Å². The molecule has 0 aliphatic rings. The van der Waals surface area contributed by atoms with E-state index in [0.29, 0.717) is 12.8 Å². The van der Waals surface area contributed by atoms with E-state index in [1.807, 2.05) is 37.4 Å². The Morgan fingerprint density at radius 3 is 2.23 bits per heavy atom. The molecule has 0 heterocycles. The number of hydrogen-bond donors (Lipinski definition) is 2. The lowest BCUT2D eigenvalue weighted by atomic mass is 10.1. The van der Waals surface area contributed by atoms with Crippen molar-refractivity contribution in [3.63, 3.8) is 0 Å². The third-order valence-corrected chi connectivity index (χ3v) is 6.31. The molecule has 0 saturated carbocycles. The van der Waals surface area contributed by atoms with Gasteiger partial charge in [-0.25, -0.2) is 13.1 Å². The lowest BCUT2D eigenvalue weighted by Gasteiger charge is -2.15. The Hall–Kier alpha value is -1.83. The number of amides is 1. The maximum atomic E-state index is 12.2. The lowest BCUT2D eigenvalue weighted by molar-refractivity contribution is -0.121. The van der Waals surface area contributed by atoms with E-state index < -0.39 is 10.0 Å². The van der Waals surface area contributed by atoms with Crippen molar-refractivity contribution in [1.29, 1.82) is 0 Å². The predicted octanol–water partition coefficient (Wildman–Crippen LogP) is 3.13. The SMILES string of the molecule is CNS(=O)(=O)c1ccc(CCC(=O)N[C@@H](C)c2ccc(SC)cc2)cc1. The highest BCUT2D eigenvalue weighted by Gasteiger charge is 2.12. The lowest BCUT2D eigenvalue weighted by Crippen LogP contribution is -2.26. The van der Waals surface area contributed by atoms with Crippen molar-refractivity contribution in [2.75, 3.05) is 13.3 Å². The molecular weight excluding hydrogens is 368 g/mol. The number of thioether (sulfide) groups is 1. The molecule has 0 unspecified atom stereocenters. The van der Waals surface area contributed by atoms with Crippen LogP contribution in [0, 0.1) is 0 Å². The van der Waals surface area contributed by atoms with E-state index in [0.717, 1.165) is 11.1 Å². The molecule has 2 aromatic rings. The molecule has 0 radical (unpaired) electrons. The minimum Gasteiger partial charge on any atom is -0.350 e. The van der Waals surface area contributed by atoms with Gasteiger partial charge in [0.1, 0.15) is 0 Å². The molecule has 0 bridgehead atoms. The van der Waals surface area contributed by atoms with Crippen LogP contribution in [0.1, 0.15) is 30.5 Å². The van der Waals surface area contributed by atoms with Crippen molar-refractivity contribution < 1.29 is 13.2 Å². The third kappa shape index (κ3) is 5.59. The largest absolute Gasteiger partial charge is 0.350 e. The normalized spacial score (nSPS) is 12.6. The zero-order valence-corrected chi connectivity index (χ0v) is 16.8. The van der Waals surface area contributed by atoms with Gasteiger partial charge >= 0.3 is 0 Å². The summed E-state index contributed by atoms with van der Waals surface area (Å²) in [4.78, 5) is 13.6. The van der Waals surface area contributed by atoms with E-state index >= 15 is 0 Å². The summed E-state index contributed by atoms with van der Waals surface area (Å²) >= 11 is 1.68. The van der Waals surface area contributed by atoms with Gasteiger partial charge in [0, 0.05) is 11.3 Å². The van der Waals surface area contributed by atoms with E-state index in [4.69, 9.17) is 0 Å². The van der Waals surface area contributed by atoms with Crippen LogP contribution in [0.4, 0.5) is 0 Å². The van der Waals surface area contributed by atoms with Crippen LogP contribution in [0.3, 0.4) is 0 Å². The average molecular weight is 393 g/mol. The molecule has 5 nitrogen and oxygen atoms in total. The predicted molar refractivity (Wildman–Crippen MR) is 106 cm³/mol. The van der Waals surface area contributed by atoms with Crippen molar-refractivity contribution in [3.05, 3.63) is 59.7 Å². The topological polar surface area (TPSA) is 75.3 Å². The highest BCUT2D eigenvalue weighted by Crippen LogP contribution is 2.19. The van der Waals surface area contributed by atoms with E-state index in [1.165, 1.54) is 11.9 Å². The molecule has 2 aromatic carbocycles. The van der Waals surface area contributed by atoms with Gasteiger partial charge in [-0.15, -0.1) is 11.8 Å². The number of rotatable bonds is 8. The Morgan fingerprint density at radius 1 is 1.08 bits per heavy atom. The summed E-state index contributed by atoms with van der Waals surface area (Å²) in [6.07, 6.45) is 2.94. The van der Waals surface area contributed by atoms with Gasteiger partial charge in [0.25, 0.3) is 0 Å². The molecule has 2 rings (SSSR count). The maximum absolute atomic E-state index is 12.2. The van der Waals surface area contributed by atoms with E-state index in [9.17, 15) is 13.2 Å². The molecule has 2 N–H and O–H groups in total. The van der Waals surface area contributed by atoms with Gasteiger partial charge in [-0.2, -0.15) is 0 Å². The van der Waals surface area contributed by atoms with Crippen LogP contribution in [-0.4, -0.2) is 27.6 Å². The van der Waals surface area contributed by atoms with E-state index in [-0.39, 0.29) is 16.8 Å². The molecule has 0 aromatic heterocycles. The Balaban J connectivity index is 1.88. The van der Waals surface area contributed by atoms with Crippen LogP contribution in [0.25, 0.3) is 0 Å². The second kappa shape index (κ2) is 9.21. The molecule has 0 fully saturated rings. The molecule has 0 aliphatic carbocycles. The summed E-state index contributed by atoms with van der Waals surface area (Å²) in [5, 5.41) is 3.00. The number of carbonyl (C=O) groups excluding carboxylic acids is 1. The average Bonchev–Trinajstić information content (AvgIpc) is 2.66. The monoisotopic (exact) mass is 392 g/mol. The Kier molecular flexibility index (Phi) is 7.25. The number of benzene rings is 2. The number of sulfonamides is 1. The first-order chi connectivity index (χ1) is 12.4. The molecule has 7 heteroatoms. The molecule has 1 amide bonds. The minimum atomic E-state index is -3.43. The van der Waals surface area contributed by atoms with Crippen molar-refractivity contribution in [2.24, 2.45) is 0 Å². The molecular formula is C19H24N2O3S2. The van der Waals surface area contributed by atoms with E-state index in [1.54, 1.807) is 36.0 Å². The van der Waals surface area contributed by atoms with Crippen LogP contribution < -0.4 is 10.0 Å². The van der Waals surface area contributed by atoms with Gasteiger partial charge in [0.05, 0.1) is 10.9 Å². The summed E-state index contributed by atoms with van der Waals surface area (Å²) in [5.41, 5.74) is 1.99. The zero-order chi connectivity index (χ0) is 19.2. The van der Waals surface area contributed by atoms with Gasteiger partial charge in [-0.05, 0) is 62.0 Å². The van der Waals surface area contributed by atoms with Crippen molar-refractivity contribution >= 4 is 27.7 Å². The van der Waals surface area contributed by atoms with Crippen LogP contribution in [-0.2, 0) is 21.2 Å². The van der Waals surface area contributed by atoms with Crippen LogP contribution in [0.5, 0.6) is 0 Å². The van der Waals surface area contributed by atoms with Gasteiger partial charge in [-0.1, -0.05) is 24.3 Å². The van der Waals surface area contributed by atoms with Crippen molar-refractivity contribution in [3.8, 4) is 0 Å². The summed E-state index contributed by atoms with van der Waals surface area (Å²) < 4.78 is 25.7. The molecule has 140 valence electrons. The standard InChI is InChI=1S/C19H24N2O3S2/c1-14(16-7-9-17(25-3)10-8-16)21-19(22)13-6-15-4-11-18(12-5-15)26(23,24)20-2/h4-5,7-12,14,20H,6,13H2,1-3H3,(H,21,22)/t14-/m0/s1. The molecule has 0 aliphatic heterocycles. The Bertz CT molecular complexity index is 832. The van der Waals surface area contributed by atoms with Crippen molar-refractivity contribution in [2.45, 2.75) is 35.6 Å². The van der Waals surface area contributed by atoms with E-state index in [2.05, 4.69) is 10.0 Å². The van der Waals surface area contributed by atoms with Crippen LogP contribution >= 0.6 is 11.8 Å². The van der Waals surface area contributed by atoms with Gasteiger partial charge in [0.15, 0.2) is 0 Å². The number of hydrogen-bond acceptors (Lipinski definition) is 4. The van der Waals surface area contributed by atoms with Gasteiger partial charge < -0.3 is 5.32 Å². The number of aryl methyl sites for hydroxylation is 1. The third-order valence-electron chi connectivity index (χ3n) is 4.14. The van der Waals surface area contributed by atoms with Gasteiger partial charge in [0.2, 0.25) is 15.9 Å². The fourth-order valence-corrected chi connectivity index (χ4v) is 3.64. The number of nitrogens with one attached hydrogen (secondary N) is 2. The summed E-state index contributed by atoms with van der Waals surface area (Å²) in [6, 6.07) is 14.7. The molecule has 26 heavy (non-hydrogen) atoms. The quantitative estimate of drug-likeness (QED) is 0.677. The first-order valence-electron chi connectivity index (χ1n) is 8.31. The van der Waals surface area contributed by atoms with Crippen molar-refractivity contribution in [1.82, 2.24) is 10.0 Å². The maximum Gasteiger partial charge on any atom is 0.240 e. The molecule has 0 saturated heterocycles. The molecule has 1 atom stereocenters. The Labute approximate surface area is 159 Å².